The van der Waals surface area contributed by atoms with Crippen molar-refractivity contribution in [3.8, 4) is 0 Å². The topological polar surface area (TPSA) is 64.7 Å². The lowest BCUT2D eigenvalue weighted by atomic mass is 9.93. The lowest BCUT2D eigenvalue weighted by Crippen LogP contribution is -2.14. The zero-order valence-electron chi connectivity index (χ0n) is 11.1. The van der Waals surface area contributed by atoms with Crippen LogP contribution in [0.15, 0.2) is 53.7 Å². The fourth-order valence-electron chi connectivity index (χ4n) is 3.13. The Hall–Kier alpha value is -2.69. The first-order valence-electron chi connectivity index (χ1n) is 6.80. The van der Waals surface area contributed by atoms with Crippen LogP contribution in [-0.2, 0) is 11.3 Å². The molecule has 2 aromatic carbocycles. The summed E-state index contributed by atoms with van der Waals surface area (Å²) in [6.07, 6.45) is 0.878. The van der Waals surface area contributed by atoms with E-state index in [1.165, 1.54) is 23.3 Å². The van der Waals surface area contributed by atoms with Gasteiger partial charge in [0.05, 0.1) is 16.6 Å². The van der Waals surface area contributed by atoms with Crippen LogP contribution in [0.5, 0.6) is 0 Å². The molecule has 0 aromatic heterocycles. The number of nitro groups is 1. The average molecular weight is 280 g/mol. The van der Waals surface area contributed by atoms with E-state index in [2.05, 4.69) is 17.3 Å². The van der Waals surface area contributed by atoms with E-state index in [0.717, 1.165) is 17.7 Å². The summed E-state index contributed by atoms with van der Waals surface area (Å²) in [7, 11) is 0. The van der Waals surface area contributed by atoms with Crippen molar-refractivity contribution in [2.24, 2.45) is 11.1 Å². The van der Waals surface area contributed by atoms with Crippen molar-refractivity contribution in [3.63, 3.8) is 0 Å². The molecule has 4 rings (SSSR count). The van der Waals surface area contributed by atoms with Crippen LogP contribution in [0, 0.1) is 16.0 Å². The van der Waals surface area contributed by atoms with Crippen molar-refractivity contribution in [1.82, 2.24) is 0 Å². The molecule has 21 heavy (non-hydrogen) atoms. The van der Waals surface area contributed by atoms with Gasteiger partial charge in [0.1, 0.15) is 0 Å². The number of rotatable bonds is 2. The van der Waals surface area contributed by atoms with E-state index in [-0.39, 0.29) is 17.7 Å². The second-order valence-corrected chi connectivity index (χ2v) is 5.32. The molecule has 0 bridgehead atoms. The third kappa shape index (κ3) is 1.81. The molecule has 0 saturated heterocycles. The monoisotopic (exact) mass is 280 g/mol. The summed E-state index contributed by atoms with van der Waals surface area (Å²) in [5.41, 5.74) is 4.35. The molecule has 0 N–H and O–H groups in total. The van der Waals surface area contributed by atoms with Crippen LogP contribution in [0.1, 0.15) is 22.8 Å². The number of nitrogens with zero attached hydrogens (tertiary/aromatic N) is 2. The van der Waals surface area contributed by atoms with Crippen LogP contribution in [0.2, 0.25) is 0 Å². The molecule has 1 aliphatic heterocycles. The number of hydrogen-bond acceptors (Lipinski definition) is 4. The summed E-state index contributed by atoms with van der Waals surface area (Å²) >= 11 is 0. The Morgan fingerprint density at radius 2 is 1.90 bits per heavy atom. The molecule has 104 valence electrons. The maximum atomic E-state index is 10.7. The predicted molar refractivity (Wildman–Crippen MR) is 77.1 cm³/mol. The Bertz CT molecular complexity index is 752. The molecule has 0 unspecified atom stereocenters. The minimum absolute atomic E-state index is 0.0219. The van der Waals surface area contributed by atoms with Crippen molar-refractivity contribution in [2.75, 3.05) is 0 Å². The summed E-state index contributed by atoms with van der Waals surface area (Å²) < 4.78 is 0. The zero-order valence-corrected chi connectivity index (χ0v) is 11.1. The van der Waals surface area contributed by atoms with Crippen molar-refractivity contribution in [2.45, 2.75) is 12.5 Å². The molecule has 5 nitrogen and oxygen atoms in total. The Labute approximate surface area is 121 Å². The van der Waals surface area contributed by atoms with Crippen molar-refractivity contribution in [1.29, 1.82) is 0 Å². The highest BCUT2D eigenvalue weighted by molar-refractivity contribution is 6.03. The quantitative estimate of drug-likeness (QED) is 0.626. The van der Waals surface area contributed by atoms with Gasteiger partial charge < -0.3 is 4.84 Å². The summed E-state index contributed by atoms with van der Waals surface area (Å²) in [5.74, 6) is 0.198. The van der Waals surface area contributed by atoms with Gasteiger partial charge in [0, 0.05) is 17.7 Å². The number of nitro benzene ring substituents is 1. The molecule has 2 aliphatic rings. The molecule has 5 heteroatoms. The molecular weight excluding hydrogens is 268 g/mol. The van der Waals surface area contributed by atoms with Crippen molar-refractivity contribution in [3.05, 3.63) is 75.3 Å². The minimum Gasteiger partial charge on any atom is -0.387 e. The number of oxime groups is 1. The number of benzene rings is 2. The van der Waals surface area contributed by atoms with Crippen molar-refractivity contribution >= 4 is 11.4 Å². The van der Waals surface area contributed by atoms with Crippen LogP contribution < -0.4 is 0 Å². The molecule has 1 aliphatic carbocycles. The Morgan fingerprint density at radius 3 is 2.67 bits per heavy atom. The second kappa shape index (κ2) is 4.41. The Morgan fingerprint density at radius 1 is 1.14 bits per heavy atom. The van der Waals surface area contributed by atoms with Gasteiger partial charge in [-0.15, -0.1) is 0 Å². The highest BCUT2D eigenvalue weighted by Gasteiger charge is 2.42. The van der Waals surface area contributed by atoms with Gasteiger partial charge >= 0.3 is 0 Å². The van der Waals surface area contributed by atoms with Crippen LogP contribution in [0.4, 0.5) is 5.69 Å². The third-order valence-electron chi connectivity index (χ3n) is 4.16. The molecular formula is C16H12N2O3. The van der Waals surface area contributed by atoms with Crippen LogP contribution >= 0.6 is 0 Å². The van der Waals surface area contributed by atoms with E-state index < -0.39 is 4.92 Å². The fraction of sp³-hybridized carbons (Fsp3) is 0.188. The Kier molecular flexibility index (Phi) is 2.54. The fourth-order valence-corrected chi connectivity index (χ4v) is 3.13. The first-order chi connectivity index (χ1) is 10.2. The molecule has 0 saturated carbocycles. The standard InChI is InChI=1S/C16H12N2O3/c19-18(20)12-7-5-10(6-8-12)15-14-9-11-3-1-2-4-13(11)16(14)21-17-15/h1-8,14,16H,9H2/t14-,16-/m1/s1. The maximum absolute atomic E-state index is 10.7. The highest BCUT2D eigenvalue weighted by atomic mass is 16.6. The van der Waals surface area contributed by atoms with E-state index in [1.54, 1.807) is 12.1 Å². The number of non-ortho nitro benzene ring substituents is 1. The van der Waals surface area contributed by atoms with E-state index in [4.69, 9.17) is 4.84 Å². The summed E-state index contributed by atoms with van der Waals surface area (Å²) in [4.78, 5) is 15.9. The normalized spacial score (nSPS) is 22.2. The summed E-state index contributed by atoms with van der Waals surface area (Å²) in [5, 5.41) is 14.9. The average Bonchev–Trinajstić information content (AvgIpc) is 3.06. The van der Waals surface area contributed by atoms with Gasteiger partial charge in [-0.1, -0.05) is 29.4 Å². The highest BCUT2D eigenvalue weighted by Crippen LogP contribution is 2.44. The molecule has 0 radical (unpaired) electrons. The lowest BCUT2D eigenvalue weighted by Gasteiger charge is -2.09. The van der Waals surface area contributed by atoms with Crippen molar-refractivity contribution < 1.29 is 9.76 Å². The maximum Gasteiger partial charge on any atom is 0.269 e. The van der Waals surface area contributed by atoms with Gasteiger partial charge in [0.15, 0.2) is 6.10 Å². The van der Waals surface area contributed by atoms with E-state index in [0.29, 0.717) is 0 Å². The van der Waals surface area contributed by atoms with E-state index >= 15 is 0 Å². The largest absolute Gasteiger partial charge is 0.387 e. The van der Waals surface area contributed by atoms with Gasteiger partial charge in [0.25, 0.3) is 5.69 Å². The number of fused-ring (bicyclic) bond motifs is 3. The van der Waals surface area contributed by atoms with Gasteiger partial charge in [-0.05, 0) is 29.7 Å². The molecule has 2 aromatic rings. The summed E-state index contributed by atoms with van der Waals surface area (Å²) in [6.45, 7) is 0. The van der Waals surface area contributed by atoms with Gasteiger partial charge in [0.2, 0.25) is 0 Å². The second-order valence-electron chi connectivity index (χ2n) is 5.32. The molecule has 0 fully saturated rings. The lowest BCUT2D eigenvalue weighted by molar-refractivity contribution is -0.384. The first kappa shape index (κ1) is 12.1. The minimum atomic E-state index is -0.398. The zero-order chi connectivity index (χ0) is 14.4. The van der Waals surface area contributed by atoms with Crippen LogP contribution in [-0.4, -0.2) is 10.6 Å². The third-order valence-corrected chi connectivity index (χ3v) is 4.16. The number of hydrogen-bond donors (Lipinski definition) is 0. The van der Waals surface area contributed by atoms with Crippen LogP contribution in [0.25, 0.3) is 0 Å². The van der Waals surface area contributed by atoms with Gasteiger partial charge in [-0.25, -0.2) is 0 Å². The first-order valence-corrected chi connectivity index (χ1v) is 6.80. The smallest absolute Gasteiger partial charge is 0.269 e. The van der Waals surface area contributed by atoms with Crippen LogP contribution in [0.3, 0.4) is 0 Å². The van der Waals surface area contributed by atoms with E-state index in [1.807, 2.05) is 12.1 Å². The molecule has 2 atom stereocenters. The molecule has 0 amide bonds. The molecule has 0 spiro atoms. The van der Waals surface area contributed by atoms with E-state index in [9.17, 15) is 10.1 Å². The molecule has 1 heterocycles. The summed E-state index contributed by atoms with van der Waals surface area (Å²) in [6, 6.07) is 14.7. The SMILES string of the molecule is O=[N+]([O-])c1ccc(C2=NO[C@@H]3c4ccccc4C[C@H]23)cc1. The van der Waals surface area contributed by atoms with Gasteiger partial charge in [-0.2, -0.15) is 0 Å². The Balaban J connectivity index is 1.65. The van der Waals surface area contributed by atoms with Gasteiger partial charge in [-0.3, -0.25) is 10.1 Å². The predicted octanol–water partition coefficient (Wildman–Crippen LogP) is 3.24.